The van der Waals surface area contributed by atoms with Crippen LogP contribution in [0.25, 0.3) is 10.6 Å². The Morgan fingerprint density at radius 3 is 2.79 bits per heavy atom. The van der Waals surface area contributed by atoms with Crippen LogP contribution in [0.5, 0.6) is 5.75 Å². The minimum Gasteiger partial charge on any atom is -0.497 e. The van der Waals surface area contributed by atoms with Crippen molar-refractivity contribution >= 4 is 28.9 Å². The van der Waals surface area contributed by atoms with Crippen LogP contribution in [0.15, 0.2) is 72.9 Å². The van der Waals surface area contributed by atoms with Crippen molar-refractivity contribution in [2.75, 3.05) is 12.4 Å². The first-order valence-electron chi connectivity index (χ1n) is 10.4. The summed E-state index contributed by atoms with van der Waals surface area (Å²) in [4.78, 5) is 22.9. The number of rotatable bonds is 8. The molecule has 168 valence electrons. The number of nitrogens with zero attached hydrogens (tertiary/aromatic N) is 2. The third-order valence-corrected chi connectivity index (χ3v) is 6.06. The Morgan fingerprint density at radius 1 is 1.12 bits per heavy atom. The van der Waals surface area contributed by atoms with Gasteiger partial charge in [-0.2, -0.15) is 0 Å². The first-order valence-corrected chi connectivity index (χ1v) is 11.2. The number of thiophene rings is 1. The van der Waals surface area contributed by atoms with Gasteiger partial charge in [-0.15, -0.1) is 11.3 Å². The summed E-state index contributed by atoms with van der Waals surface area (Å²) in [7, 11) is 1.62. The molecule has 0 aliphatic heterocycles. The van der Waals surface area contributed by atoms with E-state index < -0.39 is 6.10 Å². The zero-order chi connectivity index (χ0) is 23.2. The molecule has 0 aliphatic carbocycles. The third-order valence-electron chi connectivity index (χ3n) is 4.95. The molecule has 0 saturated heterocycles. The van der Waals surface area contributed by atoms with Crippen molar-refractivity contribution in [3.05, 3.63) is 88.9 Å². The van der Waals surface area contributed by atoms with Crippen LogP contribution < -0.4 is 15.4 Å². The highest BCUT2D eigenvalue weighted by molar-refractivity contribution is 7.17. The van der Waals surface area contributed by atoms with Gasteiger partial charge in [0.05, 0.1) is 28.7 Å². The van der Waals surface area contributed by atoms with Crippen molar-refractivity contribution < 1.29 is 14.6 Å². The molecule has 1 atom stereocenters. The fraction of sp³-hybridized carbons (Fsp3) is 0.160. The smallest absolute Gasteiger partial charge is 0.261 e. The average molecular weight is 461 g/mol. The van der Waals surface area contributed by atoms with Gasteiger partial charge >= 0.3 is 0 Å². The molecule has 0 radical (unpaired) electrons. The summed E-state index contributed by atoms with van der Waals surface area (Å²) in [5.74, 6) is 1.05. The zero-order valence-electron chi connectivity index (χ0n) is 18.3. The van der Waals surface area contributed by atoms with Crippen LogP contribution in [-0.4, -0.2) is 28.1 Å². The van der Waals surface area contributed by atoms with Crippen LogP contribution in [0.3, 0.4) is 0 Å². The molecule has 0 spiro atoms. The third kappa shape index (κ3) is 5.74. The molecule has 1 amide bonds. The van der Waals surface area contributed by atoms with Gasteiger partial charge in [0.15, 0.2) is 0 Å². The van der Waals surface area contributed by atoms with Gasteiger partial charge in [0.1, 0.15) is 5.75 Å². The topological polar surface area (TPSA) is 96.4 Å². The predicted octanol–water partition coefficient (Wildman–Crippen LogP) is 4.94. The lowest BCUT2D eigenvalue weighted by Crippen LogP contribution is -2.21. The lowest BCUT2D eigenvalue weighted by Gasteiger charge is -2.09. The Balaban J connectivity index is 1.43. The number of ether oxygens (including phenoxy) is 1. The summed E-state index contributed by atoms with van der Waals surface area (Å²) in [6.07, 6.45) is 1.12. The second-order valence-corrected chi connectivity index (χ2v) is 8.47. The van der Waals surface area contributed by atoms with Crippen molar-refractivity contribution in [2.24, 2.45) is 0 Å². The van der Waals surface area contributed by atoms with Gasteiger partial charge in [-0.3, -0.25) is 4.79 Å². The maximum absolute atomic E-state index is 12.6. The van der Waals surface area contributed by atoms with E-state index in [1.54, 1.807) is 32.4 Å². The Kier molecular flexibility index (Phi) is 6.97. The van der Waals surface area contributed by atoms with Gasteiger partial charge in [-0.05, 0) is 60.5 Å². The van der Waals surface area contributed by atoms with Gasteiger partial charge < -0.3 is 20.5 Å². The summed E-state index contributed by atoms with van der Waals surface area (Å²) < 4.78 is 5.22. The second-order valence-electron chi connectivity index (χ2n) is 7.39. The van der Waals surface area contributed by atoms with Crippen LogP contribution >= 0.6 is 11.3 Å². The van der Waals surface area contributed by atoms with E-state index in [4.69, 9.17) is 4.74 Å². The fourth-order valence-electron chi connectivity index (χ4n) is 3.21. The number of anilines is 2. The van der Waals surface area contributed by atoms with Gasteiger partial charge in [-0.1, -0.05) is 24.3 Å². The summed E-state index contributed by atoms with van der Waals surface area (Å²) in [6, 6.07) is 20.5. The zero-order valence-corrected chi connectivity index (χ0v) is 19.1. The van der Waals surface area contributed by atoms with Crippen LogP contribution in [0.1, 0.15) is 33.8 Å². The first-order chi connectivity index (χ1) is 16.0. The van der Waals surface area contributed by atoms with E-state index >= 15 is 0 Å². The van der Waals surface area contributed by atoms with Gasteiger partial charge in [0, 0.05) is 18.4 Å². The number of methoxy groups -OCH3 is 1. The summed E-state index contributed by atoms with van der Waals surface area (Å²) in [6.45, 7) is 2.13. The number of aliphatic hydroxyl groups excluding tert-OH is 1. The maximum atomic E-state index is 12.6. The SMILES string of the molecule is COc1cccc(CNC(=O)c2ccc(-c3ccnc(Nc4cccc(C(C)O)c4)n3)s2)c1. The molecule has 2 heterocycles. The van der Waals surface area contributed by atoms with Gasteiger partial charge in [0.25, 0.3) is 5.91 Å². The average Bonchev–Trinajstić information content (AvgIpc) is 3.34. The van der Waals surface area contributed by atoms with E-state index in [1.165, 1.54) is 11.3 Å². The number of hydrogen-bond acceptors (Lipinski definition) is 7. The molecule has 4 rings (SSSR count). The predicted molar refractivity (Wildman–Crippen MR) is 130 cm³/mol. The molecule has 2 aromatic heterocycles. The van der Waals surface area contributed by atoms with E-state index in [2.05, 4.69) is 20.6 Å². The number of aliphatic hydroxyl groups is 1. The van der Waals surface area contributed by atoms with E-state index in [-0.39, 0.29) is 5.91 Å². The number of nitrogens with one attached hydrogen (secondary N) is 2. The van der Waals surface area contributed by atoms with E-state index in [1.807, 2.05) is 54.6 Å². The summed E-state index contributed by atoms with van der Waals surface area (Å²) >= 11 is 1.37. The molecule has 0 aliphatic rings. The molecule has 8 heteroatoms. The number of aromatic nitrogens is 2. The molecule has 1 unspecified atom stereocenters. The molecule has 0 saturated carbocycles. The van der Waals surface area contributed by atoms with Crippen molar-refractivity contribution in [1.82, 2.24) is 15.3 Å². The monoisotopic (exact) mass is 460 g/mol. The Morgan fingerprint density at radius 2 is 1.97 bits per heavy atom. The normalized spacial score (nSPS) is 11.6. The lowest BCUT2D eigenvalue weighted by atomic mass is 10.1. The summed E-state index contributed by atoms with van der Waals surface area (Å²) in [5, 5.41) is 15.9. The molecule has 33 heavy (non-hydrogen) atoms. The van der Waals surface area contributed by atoms with Crippen LogP contribution in [0.4, 0.5) is 11.6 Å². The minimum absolute atomic E-state index is 0.142. The summed E-state index contributed by atoms with van der Waals surface area (Å²) in [5.41, 5.74) is 3.27. The standard InChI is InChI=1S/C25H24N4O3S/c1-16(30)18-6-4-7-19(14-18)28-25-26-12-11-21(29-25)22-9-10-23(33-22)24(31)27-15-17-5-3-8-20(13-17)32-2/h3-14,16,30H,15H2,1-2H3,(H,27,31)(H,26,28,29). The van der Waals surface area contributed by atoms with Crippen LogP contribution in [0.2, 0.25) is 0 Å². The van der Waals surface area contributed by atoms with Crippen molar-refractivity contribution in [3.8, 4) is 16.3 Å². The molecule has 0 fully saturated rings. The lowest BCUT2D eigenvalue weighted by molar-refractivity contribution is 0.0955. The highest BCUT2D eigenvalue weighted by atomic mass is 32.1. The number of amides is 1. The number of hydrogen-bond donors (Lipinski definition) is 3. The molecule has 7 nitrogen and oxygen atoms in total. The van der Waals surface area contributed by atoms with E-state index in [9.17, 15) is 9.90 Å². The van der Waals surface area contributed by atoms with Crippen molar-refractivity contribution in [3.63, 3.8) is 0 Å². The molecule has 4 aromatic rings. The van der Waals surface area contributed by atoms with Gasteiger partial charge in [0.2, 0.25) is 5.95 Å². The molecular weight excluding hydrogens is 436 g/mol. The number of benzene rings is 2. The van der Waals surface area contributed by atoms with Gasteiger partial charge in [-0.25, -0.2) is 9.97 Å². The Bertz CT molecular complexity index is 1260. The highest BCUT2D eigenvalue weighted by Gasteiger charge is 2.12. The molecular formula is C25H24N4O3S. The first kappa shape index (κ1) is 22.4. The van der Waals surface area contributed by atoms with Crippen molar-refractivity contribution in [1.29, 1.82) is 0 Å². The van der Waals surface area contributed by atoms with Crippen LogP contribution in [-0.2, 0) is 6.54 Å². The van der Waals surface area contributed by atoms with Crippen molar-refractivity contribution in [2.45, 2.75) is 19.6 Å². The minimum atomic E-state index is -0.557. The Hall–Kier alpha value is -3.75. The Labute approximate surface area is 196 Å². The number of carbonyl (C=O) groups excluding carboxylic acids is 1. The fourth-order valence-corrected chi connectivity index (χ4v) is 4.10. The largest absolute Gasteiger partial charge is 0.497 e. The number of carbonyl (C=O) groups is 1. The molecule has 0 bridgehead atoms. The van der Waals surface area contributed by atoms with E-state index in [0.717, 1.165) is 33.1 Å². The van der Waals surface area contributed by atoms with E-state index in [0.29, 0.717) is 17.4 Å². The van der Waals surface area contributed by atoms with Crippen LogP contribution in [0, 0.1) is 0 Å². The molecule has 3 N–H and O–H groups in total. The second kappa shape index (κ2) is 10.2. The molecule has 2 aromatic carbocycles. The maximum Gasteiger partial charge on any atom is 0.261 e. The quantitative estimate of drug-likeness (QED) is 0.345. The highest BCUT2D eigenvalue weighted by Crippen LogP contribution is 2.28.